The van der Waals surface area contributed by atoms with Crippen LogP contribution in [0.2, 0.25) is 0 Å². The zero-order valence-electron chi connectivity index (χ0n) is 11.0. The Morgan fingerprint density at radius 2 is 1.75 bits per heavy atom. The SMILES string of the molecule is Cc1cn(-c2cccc(C#N)c2C#N)c2ccccc12. The highest BCUT2D eigenvalue weighted by atomic mass is 15.0. The van der Waals surface area contributed by atoms with Gasteiger partial charge in [0.05, 0.1) is 22.3 Å². The standard InChI is InChI=1S/C17H11N3/c1-12-11-20(16-7-3-2-6-14(12)16)17-8-4-5-13(9-18)15(17)10-19/h2-8,11H,1H3. The third kappa shape index (κ3) is 1.66. The highest BCUT2D eigenvalue weighted by molar-refractivity contribution is 5.86. The maximum absolute atomic E-state index is 9.36. The van der Waals surface area contributed by atoms with Gasteiger partial charge in [0, 0.05) is 11.6 Å². The van der Waals surface area contributed by atoms with E-state index in [2.05, 4.69) is 18.2 Å². The molecule has 0 aliphatic carbocycles. The van der Waals surface area contributed by atoms with Crippen LogP contribution < -0.4 is 0 Å². The molecule has 0 aliphatic heterocycles. The van der Waals surface area contributed by atoms with Gasteiger partial charge in [0.1, 0.15) is 12.1 Å². The molecular weight excluding hydrogens is 246 g/mol. The van der Waals surface area contributed by atoms with Gasteiger partial charge in [-0.25, -0.2) is 0 Å². The Bertz CT molecular complexity index is 889. The lowest BCUT2D eigenvalue weighted by Gasteiger charge is -2.08. The van der Waals surface area contributed by atoms with E-state index in [0.29, 0.717) is 11.1 Å². The quantitative estimate of drug-likeness (QED) is 0.667. The molecule has 0 fully saturated rings. The summed E-state index contributed by atoms with van der Waals surface area (Å²) in [5.41, 5.74) is 3.75. The van der Waals surface area contributed by atoms with Crippen LogP contribution in [0, 0.1) is 29.6 Å². The minimum atomic E-state index is 0.403. The van der Waals surface area contributed by atoms with Crippen molar-refractivity contribution in [1.29, 1.82) is 10.5 Å². The van der Waals surface area contributed by atoms with Crippen LogP contribution in [0.25, 0.3) is 16.6 Å². The molecule has 20 heavy (non-hydrogen) atoms. The van der Waals surface area contributed by atoms with Crippen molar-refractivity contribution in [2.75, 3.05) is 0 Å². The topological polar surface area (TPSA) is 52.5 Å². The van der Waals surface area contributed by atoms with Gasteiger partial charge in [0.25, 0.3) is 0 Å². The summed E-state index contributed by atoms with van der Waals surface area (Å²) in [6, 6.07) is 17.6. The molecule has 2 aromatic carbocycles. The molecule has 0 spiro atoms. The number of hydrogen-bond acceptors (Lipinski definition) is 2. The van der Waals surface area contributed by atoms with E-state index in [1.165, 1.54) is 0 Å². The van der Waals surface area contributed by atoms with Crippen molar-refractivity contribution >= 4 is 10.9 Å². The fourth-order valence-electron chi connectivity index (χ4n) is 2.50. The number of aryl methyl sites for hydroxylation is 1. The molecule has 0 atom stereocenters. The van der Waals surface area contributed by atoms with Crippen molar-refractivity contribution in [1.82, 2.24) is 4.57 Å². The summed E-state index contributed by atoms with van der Waals surface area (Å²) < 4.78 is 1.98. The smallest absolute Gasteiger partial charge is 0.103 e. The second kappa shape index (κ2) is 4.57. The number of para-hydroxylation sites is 1. The predicted molar refractivity (Wildman–Crippen MR) is 77.4 cm³/mol. The second-order valence-corrected chi connectivity index (χ2v) is 4.62. The fourth-order valence-corrected chi connectivity index (χ4v) is 2.50. The molecule has 0 N–H and O–H groups in total. The van der Waals surface area contributed by atoms with Gasteiger partial charge in [0.15, 0.2) is 0 Å². The summed E-state index contributed by atoms with van der Waals surface area (Å²) in [5.74, 6) is 0. The summed E-state index contributed by atoms with van der Waals surface area (Å²) in [6.07, 6.45) is 2.00. The summed E-state index contributed by atoms with van der Waals surface area (Å²) in [4.78, 5) is 0. The van der Waals surface area contributed by atoms with Gasteiger partial charge in [-0.1, -0.05) is 24.3 Å². The number of aromatic nitrogens is 1. The summed E-state index contributed by atoms with van der Waals surface area (Å²) in [6.45, 7) is 2.04. The Labute approximate surface area is 116 Å². The Morgan fingerprint density at radius 3 is 2.50 bits per heavy atom. The van der Waals surface area contributed by atoms with E-state index in [-0.39, 0.29) is 0 Å². The van der Waals surface area contributed by atoms with Crippen molar-refractivity contribution in [3.05, 3.63) is 65.4 Å². The van der Waals surface area contributed by atoms with Gasteiger partial charge in [-0.15, -0.1) is 0 Å². The Kier molecular flexibility index (Phi) is 2.75. The zero-order valence-corrected chi connectivity index (χ0v) is 11.0. The minimum Gasteiger partial charge on any atom is -0.315 e. The first-order valence-electron chi connectivity index (χ1n) is 6.26. The molecule has 0 radical (unpaired) electrons. The zero-order chi connectivity index (χ0) is 14.1. The van der Waals surface area contributed by atoms with Crippen molar-refractivity contribution in [2.45, 2.75) is 6.92 Å². The van der Waals surface area contributed by atoms with E-state index in [9.17, 15) is 5.26 Å². The largest absolute Gasteiger partial charge is 0.315 e. The lowest BCUT2D eigenvalue weighted by Crippen LogP contribution is -1.98. The van der Waals surface area contributed by atoms with Crippen LogP contribution in [-0.2, 0) is 0 Å². The number of fused-ring (bicyclic) bond motifs is 1. The summed E-state index contributed by atoms with van der Waals surface area (Å²) >= 11 is 0. The Balaban J connectivity index is 2.39. The lowest BCUT2D eigenvalue weighted by atomic mass is 10.1. The number of rotatable bonds is 1. The highest BCUT2D eigenvalue weighted by Gasteiger charge is 2.12. The molecule has 0 aliphatic rings. The van der Waals surface area contributed by atoms with E-state index < -0.39 is 0 Å². The molecule has 0 saturated heterocycles. The lowest BCUT2D eigenvalue weighted by molar-refractivity contribution is 1.11. The first-order chi connectivity index (χ1) is 9.76. The van der Waals surface area contributed by atoms with Gasteiger partial charge >= 0.3 is 0 Å². The van der Waals surface area contributed by atoms with Crippen LogP contribution in [-0.4, -0.2) is 4.57 Å². The van der Waals surface area contributed by atoms with E-state index >= 15 is 0 Å². The van der Waals surface area contributed by atoms with E-state index in [1.807, 2.05) is 42.0 Å². The molecule has 1 heterocycles. The van der Waals surface area contributed by atoms with Gasteiger partial charge in [0.2, 0.25) is 0 Å². The average Bonchev–Trinajstić information content (AvgIpc) is 2.84. The first kappa shape index (κ1) is 12.0. The number of hydrogen-bond donors (Lipinski definition) is 0. The third-order valence-corrected chi connectivity index (χ3v) is 3.45. The molecule has 1 aromatic heterocycles. The van der Waals surface area contributed by atoms with Crippen molar-refractivity contribution < 1.29 is 0 Å². The molecule has 94 valence electrons. The third-order valence-electron chi connectivity index (χ3n) is 3.45. The van der Waals surface area contributed by atoms with Gasteiger partial charge < -0.3 is 4.57 Å². The number of nitrogens with zero attached hydrogens (tertiary/aromatic N) is 3. The fraction of sp³-hybridized carbons (Fsp3) is 0.0588. The van der Waals surface area contributed by atoms with Crippen LogP contribution in [0.3, 0.4) is 0 Å². The van der Waals surface area contributed by atoms with Crippen LogP contribution in [0.15, 0.2) is 48.7 Å². The molecule has 3 aromatic rings. The summed E-state index contributed by atoms with van der Waals surface area (Å²) in [7, 11) is 0. The number of nitriles is 2. The average molecular weight is 257 g/mol. The van der Waals surface area contributed by atoms with Gasteiger partial charge in [-0.3, -0.25) is 0 Å². The monoisotopic (exact) mass is 257 g/mol. The molecule has 0 bridgehead atoms. The maximum atomic E-state index is 9.36. The second-order valence-electron chi connectivity index (χ2n) is 4.62. The van der Waals surface area contributed by atoms with Crippen LogP contribution in [0.5, 0.6) is 0 Å². The maximum Gasteiger partial charge on any atom is 0.103 e. The van der Waals surface area contributed by atoms with Crippen LogP contribution in [0.1, 0.15) is 16.7 Å². The predicted octanol–water partition coefficient (Wildman–Crippen LogP) is 3.68. The molecule has 3 nitrogen and oxygen atoms in total. The van der Waals surface area contributed by atoms with Crippen LogP contribution >= 0.6 is 0 Å². The Morgan fingerprint density at radius 1 is 0.950 bits per heavy atom. The van der Waals surface area contributed by atoms with Gasteiger partial charge in [-0.05, 0) is 30.7 Å². The van der Waals surface area contributed by atoms with Crippen molar-refractivity contribution in [3.8, 4) is 17.8 Å². The Hall–Kier alpha value is -3.04. The van der Waals surface area contributed by atoms with Gasteiger partial charge in [-0.2, -0.15) is 10.5 Å². The molecule has 0 unspecified atom stereocenters. The molecule has 3 heteroatoms. The molecule has 0 saturated carbocycles. The van der Waals surface area contributed by atoms with Crippen molar-refractivity contribution in [2.24, 2.45) is 0 Å². The van der Waals surface area contributed by atoms with E-state index in [1.54, 1.807) is 12.1 Å². The normalized spacial score (nSPS) is 10.2. The molecule has 0 amide bonds. The van der Waals surface area contributed by atoms with E-state index in [0.717, 1.165) is 22.2 Å². The van der Waals surface area contributed by atoms with Crippen LogP contribution in [0.4, 0.5) is 0 Å². The minimum absolute atomic E-state index is 0.403. The summed E-state index contributed by atoms with van der Waals surface area (Å²) in [5, 5.41) is 19.6. The molecule has 3 rings (SSSR count). The van der Waals surface area contributed by atoms with Crippen molar-refractivity contribution in [3.63, 3.8) is 0 Å². The highest BCUT2D eigenvalue weighted by Crippen LogP contribution is 2.26. The molecular formula is C17H11N3. The number of benzene rings is 2. The first-order valence-corrected chi connectivity index (χ1v) is 6.26. The van der Waals surface area contributed by atoms with E-state index in [4.69, 9.17) is 5.26 Å².